The summed E-state index contributed by atoms with van der Waals surface area (Å²) < 4.78 is 12.4. The summed E-state index contributed by atoms with van der Waals surface area (Å²) in [4.78, 5) is 25.9. The van der Waals surface area contributed by atoms with Gasteiger partial charge >= 0.3 is 11.7 Å². The smallest absolute Gasteiger partial charge is 0.419 e. The van der Waals surface area contributed by atoms with Crippen molar-refractivity contribution < 1.29 is 13.9 Å². The molecule has 146 valence electrons. The predicted octanol–water partition coefficient (Wildman–Crippen LogP) is 5.71. The van der Waals surface area contributed by atoms with Crippen molar-refractivity contribution in [2.45, 2.75) is 26.4 Å². The Morgan fingerprint density at radius 3 is 2.07 bits per heavy atom. The zero-order valence-corrected chi connectivity index (χ0v) is 16.5. The summed E-state index contributed by atoms with van der Waals surface area (Å²) in [6.45, 7) is 5.36. The molecule has 0 saturated carbocycles. The van der Waals surface area contributed by atoms with Gasteiger partial charge in [-0.05, 0) is 38.5 Å². The van der Waals surface area contributed by atoms with Crippen molar-refractivity contribution in [2.75, 3.05) is 0 Å². The molecular weight excluding hydrogens is 366 g/mol. The van der Waals surface area contributed by atoms with Gasteiger partial charge in [-0.2, -0.15) is 0 Å². The highest BCUT2D eigenvalue weighted by Crippen LogP contribution is 2.30. The first kappa shape index (κ1) is 18.7. The van der Waals surface area contributed by atoms with E-state index in [2.05, 4.69) is 0 Å². The molecule has 0 aliphatic heterocycles. The third kappa shape index (κ3) is 3.72. The Morgan fingerprint density at radius 1 is 0.897 bits per heavy atom. The minimum Gasteiger partial charge on any atom is -0.443 e. The van der Waals surface area contributed by atoms with Crippen LogP contribution in [0, 0.1) is 0 Å². The second kappa shape index (κ2) is 7.09. The Labute approximate surface area is 168 Å². The van der Waals surface area contributed by atoms with Crippen molar-refractivity contribution in [3.63, 3.8) is 0 Å². The molecule has 0 spiro atoms. The van der Waals surface area contributed by atoms with Crippen LogP contribution in [0.25, 0.3) is 33.5 Å². The summed E-state index contributed by atoms with van der Waals surface area (Å²) in [6, 6.07) is 22.4. The van der Waals surface area contributed by atoms with Crippen molar-refractivity contribution >= 4 is 17.0 Å². The van der Waals surface area contributed by atoms with Gasteiger partial charge in [-0.15, -0.1) is 0 Å². The fraction of sp³-hybridized carbons (Fsp3) is 0.167. The Kier molecular flexibility index (Phi) is 4.59. The Morgan fingerprint density at radius 2 is 1.48 bits per heavy atom. The quantitative estimate of drug-likeness (QED) is 0.442. The molecule has 29 heavy (non-hydrogen) atoms. The number of nitrogens with zero attached hydrogens (tertiary/aromatic N) is 1. The Bertz CT molecular complexity index is 1230. The van der Waals surface area contributed by atoms with E-state index in [1.165, 1.54) is 4.57 Å². The number of hydrogen-bond acceptors (Lipinski definition) is 4. The molecule has 0 aliphatic carbocycles. The molecule has 0 fully saturated rings. The van der Waals surface area contributed by atoms with Gasteiger partial charge in [0.05, 0.1) is 5.69 Å². The lowest BCUT2D eigenvalue weighted by Gasteiger charge is -2.20. The van der Waals surface area contributed by atoms with Gasteiger partial charge in [0.2, 0.25) is 0 Å². The lowest BCUT2D eigenvalue weighted by Crippen LogP contribution is -2.28. The summed E-state index contributed by atoms with van der Waals surface area (Å²) in [5, 5.41) is 0.616. The van der Waals surface area contributed by atoms with Crippen molar-refractivity contribution in [1.29, 1.82) is 0 Å². The van der Waals surface area contributed by atoms with Gasteiger partial charge in [-0.25, -0.2) is 14.2 Å². The minimum atomic E-state index is -0.703. The molecule has 2 aromatic carbocycles. The summed E-state index contributed by atoms with van der Waals surface area (Å²) >= 11 is 0. The van der Waals surface area contributed by atoms with Crippen LogP contribution in [0.4, 0.5) is 4.79 Å². The minimum absolute atomic E-state index is 0.165. The maximum atomic E-state index is 13.0. The molecule has 4 aromatic rings. The number of ether oxygens (including phenoxy) is 1. The van der Waals surface area contributed by atoms with E-state index in [1.54, 1.807) is 26.8 Å². The number of aromatic nitrogens is 1. The second-order valence-electron chi connectivity index (χ2n) is 7.78. The normalized spacial score (nSPS) is 11.6. The first-order valence-corrected chi connectivity index (χ1v) is 9.37. The lowest BCUT2D eigenvalue weighted by atomic mass is 10.1. The first-order chi connectivity index (χ1) is 13.8. The first-order valence-electron chi connectivity index (χ1n) is 9.37. The van der Waals surface area contributed by atoms with E-state index >= 15 is 0 Å². The number of rotatable bonds is 2. The second-order valence-corrected chi connectivity index (χ2v) is 7.78. The number of carbonyl (C=O) groups excluding carboxylic acids is 1. The highest BCUT2D eigenvalue weighted by Gasteiger charge is 2.25. The molecule has 4 rings (SSSR count). The van der Waals surface area contributed by atoms with Crippen molar-refractivity contribution in [3.8, 4) is 22.6 Å². The third-order valence-electron chi connectivity index (χ3n) is 4.42. The maximum absolute atomic E-state index is 13.0. The molecule has 0 amide bonds. The highest BCUT2D eigenvalue weighted by atomic mass is 16.6. The largest absolute Gasteiger partial charge is 0.443 e. The average molecular weight is 387 g/mol. The highest BCUT2D eigenvalue weighted by molar-refractivity contribution is 5.96. The lowest BCUT2D eigenvalue weighted by molar-refractivity contribution is 0.0546. The van der Waals surface area contributed by atoms with Gasteiger partial charge in [0.1, 0.15) is 16.9 Å². The Hall–Kier alpha value is -3.60. The average Bonchev–Trinajstić information content (AvgIpc) is 3.08. The third-order valence-corrected chi connectivity index (χ3v) is 4.42. The van der Waals surface area contributed by atoms with Crippen molar-refractivity contribution in [2.24, 2.45) is 0 Å². The van der Waals surface area contributed by atoms with Crippen LogP contribution < -0.4 is 5.63 Å². The molecule has 0 aliphatic rings. The van der Waals surface area contributed by atoms with Gasteiger partial charge in [0.25, 0.3) is 0 Å². The van der Waals surface area contributed by atoms with Crippen LogP contribution in [0.15, 0.2) is 82.0 Å². The predicted molar refractivity (Wildman–Crippen MR) is 113 cm³/mol. The summed E-state index contributed by atoms with van der Waals surface area (Å²) in [6.07, 6.45) is -0.619. The van der Waals surface area contributed by atoms with E-state index in [4.69, 9.17) is 9.15 Å². The molecule has 0 unspecified atom stereocenters. The number of hydrogen-bond donors (Lipinski definition) is 0. The SMILES string of the molecule is CC(C)(C)OC(=O)n1c(-c2ccccc2)cc2cc(-c3ccccc3)oc(=O)c21. The molecule has 0 atom stereocenters. The summed E-state index contributed by atoms with van der Waals surface area (Å²) in [5.41, 5.74) is 1.04. The zero-order valence-electron chi connectivity index (χ0n) is 16.5. The van der Waals surface area contributed by atoms with Gasteiger partial charge < -0.3 is 9.15 Å². The van der Waals surface area contributed by atoms with Crippen LogP contribution in [0.1, 0.15) is 20.8 Å². The summed E-state index contributed by atoms with van der Waals surface area (Å²) in [5.74, 6) is 0.448. The van der Waals surface area contributed by atoms with Crippen LogP contribution in [-0.2, 0) is 4.74 Å². The fourth-order valence-electron chi connectivity index (χ4n) is 3.23. The van der Waals surface area contributed by atoms with Gasteiger partial charge in [-0.3, -0.25) is 0 Å². The maximum Gasteiger partial charge on any atom is 0.419 e. The number of carbonyl (C=O) groups is 1. The van der Waals surface area contributed by atoms with E-state index in [0.29, 0.717) is 16.8 Å². The van der Waals surface area contributed by atoms with Crippen molar-refractivity contribution in [1.82, 2.24) is 4.57 Å². The zero-order chi connectivity index (χ0) is 20.6. The molecule has 0 N–H and O–H groups in total. The van der Waals surface area contributed by atoms with Crippen LogP contribution in [0.3, 0.4) is 0 Å². The number of benzene rings is 2. The van der Waals surface area contributed by atoms with Gasteiger partial charge in [0.15, 0.2) is 0 Å². The number of fused-ring (bicyclic) bond motifs is 1. The van der Waals surface area contributed by atoms with E-state index in [0.717, 1.165) is 11.1 Å². The van der Waals surface area contributed by atoms with E-state index in [-0.39, 0.29) is 5.52 Å². The molecule has 0 bridgehead atoms. The summed E-state index contributed by atoms with van der Waals surface area (Å²) in [7, 11) is 0. The Balaban J connectivity index is 1.98. The monoisotopic (exact) mass is 387 g/mol. The topological polar surface area (TPSA) is 61.4 Å². The molecule has 2 heterocycles. The molecule has 5 heteroatoms. The van der Waals surface area contributed by atoms with Gasteiger partial charge in [-0.1, -0.05) is 60.7 Å². The van der Waals surface area contributed by atoms with Gasteiger partial charge in [0, 0.05) is 10.9 Å². The van der Waals surface area contributed by atoms with Crippen LogP contribution in [0.5, 0.6) is 0 Å². The molecular formula is C24H21NO4. The molecule has 0 saturated heterocycles. The van der Waals surface area contributed by atoms with Crippen LogP contribution >= 0.6 is 0 Å². The standard InChI is InChI=1S/C24H21NO4/c1-24(2,3)29-23(27)25-19(16-10-6-4-7-11-16)14-18-15-20(28-22(26)21(18)25)17-12-8-5-9-13-17/h4-15H,1-3H3. The molecule has 5 nitrogen and oxygen atoms in total. The molecule has 0 radical (unpaired) electrons. The van der Waals surface area contributed by atoms with E-state index in [1.807, 2.05) is 66.7 Å². The van der Waals surface area contributed by atoms with E-state index < -0.39 is 17.3 Å². The fourth-order valence-corrected chi connectivity index (χ4v) is 3.23. The van der Waals surface area contributed by atoms with E-state index in [9.17, 15) is 9.59 Å². The van der Waals surface area contributed by atoms with Crippen LogP contribution in [-0.4, -0.2) is 16.3 Å². The van der Waals surface area contributed by atoms with Crippen LogP contribution in [0.2, 0.25) is 0 Å². The molecule has 2 aromatic heterocycles. The van der Waals surface area contributed by atoms with Crippen molar-refractivity contribution in [3.05, 3.63) is 83.2 Å².